The molecule has 2 aliphatic heterocycles. The summed E-state index contributed by atoms with van der Waals surface area (Å²) in [5.41, 5.74) is 0.806. The summed E-state index contributed by atoms with van der Waals surface area (Å²) >= 11 is 0. The maximum absolute atomic E-state index is 3.54. The normalized spacial score (nSPS) is 42.8. The maximum Gasteiger partial charge on any atom is 0.0113 e. The van der Waals surface area contributed by atoms with Gasteiger partial charge in [0.25, 0.3) is 0 Å². The molecule has 2 saturated heterocycles. The Balaban J connectivity index is 1.47. The molecular formula is C16H28N2. The molecule has 2 unspecified atom stereocenters. The van der Waals surface area contributed by atoms with Crippen molar-refractivity contribution in [3.8, 4) is 0 Å². The third kappa shape index (κ3) is 1.92. The SMILES string of the molecule is CNC1CC2CCCC(C1)N2CC1(C2CC2)CC1. The third-order valence-electron chi connectivity index (χ3n) is 6.37. The van der Waals surface area contributed by atoms with E-state index >= 15 is 0 Å². The van der Waals surface area contributed by atoms with E-state index in [1.54, 1.807) is 25.7 Å². The monoisotopic (exact) mass is 248 g/mol. The van der Waals surface area contributed by atoms with E-state index in [1.165, 1.54) is 38.6 Å². The molecule has 0 spiro atoms. The van der Waals surface area contributed by atoms with Gasteiger partial charge < -0.3 is 5.32 Å². The molecular weight excluding hydrogens is 220 g/mol. The average molecular weight is 248 g/mol. The van der Waals surface area contributed by atoms with Gasteiger partial charge >= 0.3 is 0 Å². The van der Waals surface area contributed by atoms with Gasteiger partial charge in [-0.05, 0) is 69.7 Å². The first-order valence-electron chi connectivity index (χ1n) is 8.24. The Kier molecular flexibility index (Phi) is 2.74. The van der Waals surface area contributed by atoms with Crippen molar-refractivity contribution >= 4 is 0 Å². The summed E-state index contributed by atoms with van der Waals surface area (Å²) in [6, 6.07) is 2.62. The molecule has 2 aliphatic carbocycles. The Labute approximate surface area is 111 Å². The highest BCUT2D eigenvalue weighted by molar-refractivity contribution is 5.08. The van der Waals surface area contributed by atoms with Crippen LogP contribution in [-0.2, 0) is 0 Å². The Morgan fingerprint density at radius 2 is 1.72 bits per heavy atom. The van der Waals surface area contributed by atoms with Gasteiger partial charge in [-0.1, -0.05) is 6.42 Å². The molecule has 18 heavy (non-hydrogen) atoms. The fourth-order valence-corrected chi connectivity index (χ4v) is 4.89. The first kappa shape index (κ1) is 11.7. The van der Waals surface area contributed by atoms with Gasteiger partial charge in [0.2, 0.25) is 0 Å². The van der Waals surface area contributed by atoms with E-state index in [-0.39, 0.29) is 0 Å². The molecule has 0 aromatic heterocycles. The molecule has 2 nitrogen and oxygen atoms in total. The summed E-state index contributed by atoms with van der Waals surface area (Å²) in [7, 11) is 2.16. The smallest absolute Gasteiger partial charge is 0.0113 e. The van der Waals surface area contributed by atoms with Gasteiger partial charge in [-0.3, -0.25) is 4.90 Å². The van der Waals surface area contributed by atoms with Gasteiger partial charge in [0.15, 0.2) is 0 Å². The molecule has 4 rings (SSSR count). The van der Waals surface area contributed by atoms with Crippen LogP contribution in [0.5, 0.6) is 0 Å². The minimum atomic E-state index is 0.799. The fourth-order valence-electron chi connectivity index (χ4n) is 4.89. The summed E-state index contributed by atoms with van der Waals surface area (Å²) in [4.78, 5) is 2.96. The van der Waals surface area contributed by atoms with Crippen LogP contribution in [0, 0.1) is 11.3 Å². The van der Waals surface area contributed by atoms with Crippen LogP contribution < -0.4 is 5.32 Å². The van der Waals surface area contributed by atoms with Gasteiger partial charge in [0.05, 0.1) is 0 Å². The number of fused-ring (bicyclic) bond motifs is 2. The van der Waals surface area contributed by atoms with Crippen molar-refractivity contribution in [2.24, 2.45) is 11.3 Å². The van der Waals surface area contributed by atoms with Crippen molar-refractivity contribution in [2.75, 3.05) is 13.6 Å². The lowest BCUT2D eigenvalue weighted by molar-refractivity contribution is 0.00651. The van der Waals surface area contributed by atoms with Crippen LogP contribution in [0.3, 0.4) is 0 Å². The van der Waals surface area contributed by atoms with E-state index in [1.807, 2.05) is 0 Å². The number of nitrogens with zero attached hydrogens (tertiary/aromatic N) is 1. The Bertz CT molecular complexity index is 305. The Morgan fingerprint density at radius 1 is 1.06 bits per heavy atom. The second kappa shape index (κ2) is 4.21. The molecule has 0 aromatic carbocycles. The van der Waals surface area contributed by atoms with Crippen LogP contribution in [0.4, 0.5) is 0 Å². The van der Waals surface area contributed by atoms with E-state index in [0.29, 0.717) is 0 Å². The minimum Gasteiger partial charge on any atom is -0.317 e. The summed E-state index contributed by atoms with van der Waals surface area (Å²) in [6.45, 7) is 1.46. The Morgan fingerprint density at radius 3 is 2.22 bits per heavy atom. The quantitative estimate of drug-likeness (QED) is 0.823. The molecule has 0 amide bonds. The molecule has 0 radical (unpaired) electrons. The zero-order chi connectivity index (χ0) is 12.2. The molecule has 4 fully saturated rings. The summed E-state index contributed by atoms with van der Waals surface area (Å²) in [5.74, 6) is 1.13. The topological polar surface area (TPSA) is 15.3 Å². The highest BCUT2D eigenvalue weighted by Gasteiger charge is 2.55. The largest absolute Gasteiger partial charge is 0.317 e. The lowest BCUT2D eigenvalue weighted by atomic mass is 9.80. The predicted molar refractivity (Wildman–Crippen MR) is 74.6 cm³/mol. The van der Waals surface area contributed by atoms with Crippen molar-refractivity contribution in [3.05, 3.63) is 0 Å². The zero-order valence-corrected chi connectivity index (χ0v) is 11.8. The summed E-state index contributed by atoms with van der Waals surface area (Å²) in [6.07, 6.45) is 13.4. The van der Waals surface area contributed by atoms with Gasteiger partial charge in [-0.2, -0.15) is 0 Å². The summed E-state index contributed by atoms with van der Waals surface area (Å²) in [5, 5.41) is 3.54. The average Bonchev–Trinajstić information content (AvgIpc) is 3.22. The Hall–Kier alpha value is -0.0800. The second-order valence-corrected chi connectivity index (χ2v) is 7.50. The number of nitrogens with one attached hydrogen (secondary N) is 1. The van der Waals surface area contributed by atoms with Crippen molar-refractivity contribution in [2.45, 2.75) is 75.9 Å². The molecule has 102 valence electrons. The van der Waals surface area contributed by atoms with E-state index < -0.39 is 0 Å². The lowest BCUT2D eigenvalue weighted by Crippen LogP contribution is -2.57. The number of hydrogen-bond donors (Lipinski definition) is 1. The van der Waals surface area contributed by atoms with Crippen LogP contribution in [0.1, 0.15) is 57.8 Å². The van der Waals surface area contributed by atoms with Crippen molar-refractivity contribution in [1.29, 1.82) is 0 Å². The van der Waals surface area contributed by atoms with Crippen LogP contribution in [0.15, 0.2) is 0 Å². The first-order valence-corrected chi connectivity index (χ1v) is 8.24. The molecule has 2 saturated carbocycles. The van der Waals surface area contributed by atoms with Gasteiger partial charge in [-0.25, -0.2) is 0 Å². The standard InChI is InChI=1S/C16H28N2/c1-17-13-9-14-3-2-4-15(10-13)18(14)11-16(7-8-16)12-5-6-12/h12-15,17H,2-11H2,1H3. The van der Waals surface area contributed by atoms with Crippen LogP contribution in [0.25, 0.3) is 0 Å². The highest BCUT2D eigenvalue weighted by atomic mass is 15.2. The predicted octanol–water partition coefficient (Wildman–Crippen LogP) is 2.78. The highest BCUT2D eigenvalue weighted by Crippen LogP contribution is 2.62. The third-order valence-corrected chi connectivity index (χ3v) is 6.37. The van der Waals surface area contributed by atoms with Crippen LogP contribution in [-0.4, -0.2) is 36.6 Å². The molecule has 0 aromatic rings. The van der Waals surface area contributed by atoms with E-state index in [4.69, 9.17) is 0 Å². The fraction of sp³-hybridized carbons (Fsp3) is 1.00. The van der Waals surface area contributed by atoms with Crippen molar-refractivity contribution in [1.82, 2.24) is 10.2 Å². The molecule has 2 heterocycles. The second-order valence-electron chi connectivity index (χ2n) is 7.50. The number of rotatable bonds is 4. The van der Waals surface area contributed by atoms with E-state index in [2.05, 4.69) is 17.3 Å². The number of piperidine rings is 2. The van der Waals surface area contributed by atoms with Crippen molar-refractivity contribution < 1.29 is 0 Å². The lowest BCUT2D eigenvalue weighted by Gasteiger charge is -2.50. The minimum absolute atomic E-state index is 0.799. The zero-order valence-electron chi connectivity index (χ0n) is 11.8. The molecule has 2 heteroatoms. The van der Waals surface area contributed by atoms with Gasteiger partial charge in [0.1, 0.15) is 0 Å². The maximum atomic E-state index is 3.54. The first-order chi connectivity index (χ1) is 8.81. The van der Waals surface area contributed by atoms with Crippen LogP contribution in [0.2, 0.25) is 0 Å². The molecule has 4 aliphatic rings. The van der Waals surface area contributed by atoms with Gasteiger partial charge in [-0.15, -0.1) is 0 Å². The molecule has 2 atom stereocenters. The van der Waals surface area contributed by atoms with E-state index in [9.17, 15) is 0 Å². The molecule has 2 bridgehead atoms. The summed E-state index contributed by atoms with van der Waals surface area (Å²) < 4.78 is 0. The van der Waals surface area contributed by atoms with Crippen molar-refractivity contribution in [3.63, 3.8) is 0 Å². The van der Waals surface area contributed by atoms with Crippen LogP contribution >= 0.6 is 0 Å². The van der Waals surface area contributed by atoms with E-state index in [0.717, 1.165) is 29.5 Å². The van der Waals surface area contributed by atoms with Gasteiger partial charge in [0, 0.05) is 24.7 Å². The number of hydrogen-bond acceptors (Lipinski definition) is 2. The molecule has 1 N–H and O–H groups in total.